The molecule has 6 heteroatoms. The molecule has 1 fully saturated rings. The van der Waals surface area contributed by atoms with E-state index < -0.39 is 6.10 Å². The third kappa shape index (κ3) is 6.59. The highest BCUT2D eigenvalue weighted by Crippen LogP contribution is 2.17. The highest BCUT2D eigenvalue weighted by Gasteiger charge is 2.28. The minimum Gasteiger partial charge on any atom is -0.388 e. The largest absolute Gasteiger partial charge is 0.388 e. The molecule has 6 nitrogen and oxygen atoms in total. The number of nitrogens with zero attached hydrogens (tertiary/aromatic N) is 2. The Balaban J connectivity index is 1.83. The second-order valence-electron chi connectivity index (χ2n) is 7.25. The van der Waals surface area contributed by atoms with Gasteiger partial charge in [0, 0.05) is 31.7 Å². The second kappa shape index (κ2) is 10.5. The summed E-state index contributed by atoms with van der Waals surface area (Å²) in [5.41, 5.74) is 0.945. The number of hydrogen-bond donors (Lipinski definition) is 3. The summed E-state index contributed by atoms with van der Waals surface area (Å²) in [4.78, 5) is 7.19. The van der Waals surface area contributed by atoms with Gasteiger partial charge in [-0.2, -0.15) is 0 Å². The summed E-state index contributed by atoms with van der Waals surface area (Å²) in [5, 5.41) is 16.9. The Bertz CT molecular complexity index is 542. The number of morpholine rings is 1. The monoisotopic (exact) mass is 362 g/mol. The van der Waals surface area contributed by atoms with Crippen LogP contribution < -0.4 is 10.6 Å². The average molecular weight is 363 g/mol. The second-order valence-corrected chi connectivity index (χ2v) is 7.25. The summed E-state index contributed by atoms with van der Waals surface area (Å²) in [6.07, 6.45) is 0.178. The Kier molecular flexibility index (Phi) is 8.35. The van der Waals surface area contributed by atoms with Gasteiger partial charge in [0.25, 0.3) is 0 Å². The molecular weight excluding hydrogens is 328 g/mol. The van der Waals surface area contributed by atoms with Crippen LogP contribution in [0.5, 0.6) is 0 Å². The number of rotatable bonds is 8. The first kappa shape index (κ1) is 20.7. The van der Waals surface area contributed by atoms with E-state index in [4.69, 9.17) is 9.73 Å². The molecule has 1 aliphatic heterocycles. The van der Waals surface area contributed by atoms with Crippen LogP contribution in [0.1, 0.15) is 38.9 Å². The smallest absolute Gasteiger partial charge is 0.191 e. The molecule has 0 radical (unpaired) electrons. The van der Waals surface area contributed by atoms with Crippen molar-refractivity contribution in [1.29, 1.82) is 0 Å². The van der Waals surface area contributed by atoms with Crippen LogP contribution in [0.3, 0.4) is 0 Å². The van der Waals surface area contributed by atoms with E-state index in [-0.39, 0.29) is 5.54 Å². The van der Waals surface area contributed by atoms with E-state index in [1.165, 1.54) is 0 Å². The first-order chi connectivity index (χ1) is 12.5. The molecule has 1 aromatic rings. The zero-order valence-corrected chi connectivity index (χ0v) is 16.4. The minimum absolute atomic E-state index is 0.00428. The van der Waals surface area contributed by atoms with E-state index in [1.807, 2.05) is 30.3 Å². The van der Waals surface area contributed by atoms with Crippen molar-refractivity contribution in [2.45, 2.75) is 38.8 Å². The van der Waals surface area contributed by atoms with E-state index in [2.05, 4.69) is 36.3 Å². The fourth-order valence-electron chi connectivity index (χ4n) is 3.05. The van der Waals surface area contributed by atoms with E-state index in [0.717, 1.165) is 44.4 Å². The van der Waals surface area contributed by atoms with Gasteiger partial charge in [-0.15, -0.1) is 0 Å². The highest BCUT2D eigenvalue weighted by atomic mass is 16.5. The molecule has 1 unspecified atom stereocenters. The number of benzene rings is 1. The maximum absolute atomic E-state index is 10.3. The van der Waals surface area contributed by atoms with Crippen molar-refractivity contribution in [3.8, 4) is 0 Å². The molecule has 0 amide bonds. The normalized spacial score (nSPS) is 17.8. The van der Waals surface area contributed by atoms with Crippen LogP contribution in [-0.2, 0) is 4.74 Å². The lowest BCUT2D eigenvalue weighted by Crippen LogP contribution is -2.52. The summed E-state index contributed by atoms with van der Waals surface area (Å²) >= 11 is 0. The first-order valence-electron chi connectivity index (χ1n) is 9.61. The lowest BCUT2D eigenvalue weighted by atomic mass is 10.0. The lowest BCUT2D eigenvalue weighted by molar-refractivity contribution is -0.00683. The molecular formula is C20H34N4O2. The average Bonchev–Trinajstić information content (AvgIpc) is 2.67. The summed E-state index contributed by atoms with van der Waals surface area (Å²) in [7, 11) is 0. The minimum atomic E-state index is -0.462. The molecule has 1 saturated heterocycles. The third-order valence-electron chi connectivity index (χ3n) is 4.73. The number of ether oxygens (including phenoxy) is 1. The molecule has 1 heterocycles. The van der Waals surface area contributed by atoms with Crippen LogP contribution in [0.2, 0.25) is 0 Å². The van der Waals surface area contributed by atoms with Crippen LogP contribution in [-0.4, -0.2) is 67.4 Å². The fraction of sp³-hybridized carbons (Fsp3) is 0.650. The summed E-state index contributed by atoms with van der Waals surface area (Å²) < 4.78 is 5.45. The Morgan fingerprint density at radius 2 is 1.92 bits per heavy atom. The van der Waals surface area contributed by atoms with Gasteiger partial charge in [0.05, 0.1) is 25.9 Å². The summed E-state index contributed by atoms with van der Waals surface area (Å²) in [5.74, 6) is 0.800. The SMILES string of the molecule is CCNC(=NCC(C)(C)N1CCOCC1)NCCC(O)c1ccccc1. The van der Waals surface area contributed by atoms with Gasteiger partial charge in [-0.3, -0.25) is 9.89 Å². The van der Waals surface area contributed by atoms with Gasteiger partial charge in [0.2, 0.25) is 0 Å². The first-order valence-corrected chi connectivity index (χ1v) is 9.61. The predicted octanol–water partition coefficient (Wildman–Crippen LogP) is 1.78. The van der Waals surface area contributed by atoms with Crippen LogP contribution in [0.4, 0.5) is 0 Å². The van der Waals surface area contributed by atoms with Crippen LogP contribution in [0.15, 0.2) is 35.3 Å². The zero-order valence-electron chi connectivity index (χ0n) is 16.4. The Morgan fingerprint density at radius 1 is 1.23 bits per heavy atom. The Hall–Kier alpha value is -1.63. The molecule has 2 rings (SSSR count). The molecule has 26 heavy (non-hydrogen) atoms. The van der Waals surface area contributed by atoms with Crippen LogP contribution >= 0.6 is 0 Å². The quantitative estimate of drug-likeness (QED) is 0.486. The van der Waals surface area contributed by atoms with Crippen molar-refractivity contribution >= 4 is 5.96 Å². The van der Waals surface area contributed by atoms with Crippen LogP contribution in [0.25, 0.3) is 0 Å². The van der Waals surface area contributed by atoms with Crippen molar-refractivity contribution in [3.63, 3.8) is 0 Å². The van der Waals surface area contributed by atoms with E-state index in [0.29, 0.717) is 19.5 Å². The lowest BCUT2D eigenvalue weighted by Gasteiger charge is -2.39. The number of nitrogens with one attached hydrogen (secondary N) is 2. The maximum atomic E-state index is 10.3. The van der Waals surface area contributed by atoms with Crippen LogP contribution in [0, 0.1) is 0 Å². The van der Waals surface area contributed by atoms with Gasteiger partial charge < -0.3 is 20.5 Å². The Morgan fingerprint density at radius 3 is 2.58 bits per heavy atom. The number of aliphatic imine (C=N–C) groups is 1. The summed E-state index contributed by atoms with van der Waals surface area (Å²) in [6, 6.07) is 9.76. The third-order valence-corrected chi connectivity index (χ3v) is 4.73. The molecule has 0 saturated carbocycles. The van der Waals surface area contributed by atoms with E-state index in [9.17, 15) is 5.11 Å². The van der Waals surface area contributed by atoms with Crippen molar-refractivity contribution in [2.24, 2.45) is 4.99 Å². The Labute approximate surface area is 157 Å². The molecule has 1 aromatic carbocycles. The number of aliphatic hydroxyl groups is 1. The molecule has 0 aromatic heterocycles. The van der Waals surface area contributed by atoms with E-state index in [1.54, 1.807) is 0 Å². The maximum Gasteiger partial charge on any atom is 0.191 e. The van der Waals surface area contributed by atoms with Gasteiger partial charge in [-0.1, -0.05) is 30.3 Å². The predicted molar refractivity (Wildman–Crippen MR) is 106 cm³/mol. The van der Waals surface area contributed by atoms with Crippen molar-refractivity contribution < 1.29 is 9.84 Å². The van der Waals surface area contributed by atoms with Crippen molar-refractivity contribution in [1.82, 2.24) is 15.5 Å². The number of guanidine groups is 1. The van der Waals surface area contributed by atoms with Gasteiger partial charge >= 0.3 is 0 Å². The fourth-order valence-corrected chi connectivity index (χ4v) is 3.05. The molecule has 0 spiro atoms. The van der Waals surface area contributed by atoms with Gasteiger partial charge in [0.15, 0.2) is 5.96 Å². The van der Waals surface area contributed by atoms with Gasteiger partial charge in [0.1, 0.15) is 0 Å². The number of hydrogen-bond acceptors (Lipinski definition) is 4. The summed E-state index contributed by atoms with van der Waals surface area (Å²) in [6.45, 7) is 12.2. The van der Waals surface area contributed by atoms with Gasteiger partial charge in [-0.05, 0) is 32.8 Å². The molecule has 1 aliphatic rings. The molecule has 0 aliphatic carbocycles. The molecule has 1 atom stereocenters. The number of aliphatic hydroxyl groups excluding tert-OH is 1. The zero-order chi connectivity index (χ0) is 18.8. The van der Waals surface area contributed by atoms with E-state index >= 15 is 0 Å². The van der Waals surface area contributed by atoms with Gasteiger partial charge in [-0.25, -0.2) is 0 Å². The van der Waals surface area contributed by atoms with Crippen molar-refractivity contribution in [2.75, 3.05) is 45.9 Å². The molecule has 0 bridgehead atoms. The molecule has 3 N–H and O–H groups in total. The van der Waals surface area contributed by atoms with Crippen molar-refractivity contribution in [3.05, 3.63) is 35.9 Å². The standard InChI is InChI=1S/C20H34N4O2/c1-4-21-19(22-11-10-18(25)17-8-6-5-7-9-17)23-16-20(2,3)24-12-14-26-15-13-24/h5-9,18,25H,4,10-16H2,1-3H3,(H2,21,22,23). The topological polar surface area (TPSA) is 69.1 Å². The molecule has 146 valence electrons. The highest BCUT2D eigenvalue weighted by molar-refractivity contribution is 5.79.